The molecule has 4 rings (SSSR count). The molecule has 0 aliphatic heterocycles. The summed E-state index contributed by atoms with van der Waals surface area (Å²) in [5.74, 6) is -0.786. The number of carbonyl (C=O) groups is 1. The molecule has 3 heterocycles. The number of benzene rings is 1. The Morgan fingerprint density at radius 3 is 2.53 bits per heavy atom. The van der Waals surface area contributed by atoms with Crippen LogP contribution in [0.25, 0.3) is 17.2 Å². The lowest BCUT2D eigenvalue weighted by molar-refractivity contribution is -0.136. The predicted octanol–water partition coefficient (Wildman–Crippen LogP) is 3.89. The number of hydrogen-bond acceptors (Lipinski definition) is 7. The van der Waals surface area contributed by atoms with Gasteiger partial charge >= 0.3 is 17.8 Å². The number of methoxy groups -OCH3 is 1. The van der Waals surface area contributed by atoms with E-state index in [9.17, 15) is 22.8 Å². The summed E-state index contributed by atoms with van der Waals surface area (Å²) in [7, 11) is 1.17. The number of aromatic nitrogens is 7. The van der Waals surface area contributed by atoms with Crippen LogP contribution in [-0.4, -0.2) is 53.4 Å². The van der Waals surface area contributed by atoms with Gasteiger partial charge in [0.05, 0.1) is 18.0 Å². The zero-order chi connectivity index (χ0) is 26.0. The number of pyridine rings is 1. The second-order valence-electron chi connectivity index (χ2n) is 7.35. The first-order valence-electron chi connectivity index (χ1n) is 10.2. The van der Waals surface area contributed by atoms with Gasteiger partial charge in [0, 0.05) is 23.3 Å². The highest BCUT2D eigenvalue weighted by atomic mass is 79.9. The highest BCUT2D eigenvalue weighted by molar-refractivity contribution is 9.10. The largest absolute Gasteiger partial charge is 0.463 e. The lowest BCUT2D eigenvalue weighted by Gasteiger charge is -2.08. The first-order chi connectivity index (χ1) is 17.1. The summed E-state index contributed by atoms with van der Waals surface area (Å²) in [4.78, 5) is 33.7. The number of ether oxygens (including phenoxy) is 1. The predicted molar refractivity (Wildman–Crippen MR) is 125 cm³/mol. The third kappa shape index (κ3) is 5.49. The molecule has 0 aliphatic rings. The van der Waals surface area contributed by atoms with Gasteiger partial charge in [0.1, 0.15) is 6.54 Å². The number of hydrogen-bond donors (Lipinski definition) is 0. The van der Waals surface area contributed by atoms with Crippen molar-refractivity contribution in [1.82, 2.24) is 34.1 Å². The zero-order valence-electron chi connectivity index (χ0n) is 18.4. The van der Waals surface area contributed by atoms with Gasteiger partial charge in [0.15, 0.2) is 17.5 Å². The molecule has 1 aromatic carbocycles. The summed E-state index contributed by atoms with van der Waals surface area (Å²) in [5.41, 5.74) is -0.414. The fraction of sp³-hybridized carbons (Fsp3) is 0.238. The maximum atomic E-state index is 13.1. The van der Waals surface area contributed by atoms with Crippen LogP contribution in [0, 0.1) is 0 Å². The third-order valence-corrected chi connectivity index (χ3v) is 5.76. The number of carbonyl (C=O) groups excluding carboxylic acids is 1. The molecule has 0 unspecified atom stereocenters. The van der Waals surface area contributed by atoms with Crippen LogP contribution in [0.1, 0.15) is 22.9 Å². The second-order valence-corrected chi connectivity index (χ2v) is 8.64. The van der Waals surface area contributed by atoms with Crippen LogP contribution in [0.2, 0.25) is 5.02 Å². The lowest BCUT2D eigenvalue weighted by Crippen LogP contribution is -2.27. The molecule has 188 valence electrons. The molecule has 0 radical (unpaired) electrons. The number of nitrogens with zero attached hydrogens (tertiary/aromatic N) is 7. The Kier molecular flexibility index (Phi) is 7.26. The number of alkyl halides is 3. The van der Waals surface area contributed by atoms with Gasteiger partial charge in [0.25, 0.3) is 0 Å². The minimum absolute atomic E-state index is 0.0148. The standard InChI is InChI=1S/C21H16BrClF3N7O3/c1-36-19(34)18-28-15(29-33(18)17-14(22)3-2-9-27-17)11-32-20(35)31(10-8-21(24,25)26)16(30-32)12-4-6-13(23)7-5-12/h2-7,9H,8,10-11H2,1H3. The van der Waals surface area contributed by atoms with Gasteiger partial charge in [-0.15, -0.1) is 10.2 Å². The van der Waals surface area contributed by atoms with E-state index in [4.69, 9.17) is 16.3 Å². The Bertz CT molecular complexity index is 1460. The number of rotatable bonds is 7. The minimum atomic E-state index is -4.48. The smallest absolute Gasteiger partial charge is 0.390 e. The van der Waals surface area contributed by atoms with E-state index >= 15 is 0 Å². The van der Waals surface area contributed by atoms with Crippen molar-refractivity contribution in [3.63, 3.8) is 0 Å². The topological polar surface area (TPSA) is 110 Å². The van der Waals surface area contributed by atoms with Gasteiger partial charge in [-0.25, -0.2) is 24.2 Å². The molecule has 0 atom stereocenters. The summed E-state index contributed by atoms with van der Waals surface area (Å²) in [6.07, 6.45) is -4.23. The molecule has 0 saturated carbocycles. The molecule has 36 heavy (non-hydrogen) atoms. The highest BCUT2D eigenvalue weighted by Gasteiger charge is 2.29. The average molecular weight is 587 g/mol. The van der Waals surface area contributed by atoms with Crippen molar-refractivity contribution in [3.8, 4) is 17.2 Å². The Balaban J connectivity index is 1.77. The van der Waals surface area contributed by atoms with Gasteiger partial charge in [-0.3, -0.25) is 4.57 Å². The van der Waals surface area contributed by atoms with Crippen molar-refractivity contribution in [3.05, 3.63) is 74.2 Å². The summed E-state index contributed by atoms with van der Waals surface area (Å²) in [5, 5.41) is 8.90. The van der Waals surface area contributed by atoms with E-state index in [1.807, 2.05) is 0 Å². The van der Waals surface area contributed by atoms with Gasteiger partial charge in [0.2, 0.25) is 5.82 Å². The quantitative estimate of drug-likeness (QED) is 0.302. The lowest BCUT2D eigenvalue weighted by atomic mass is 10.2. The maximum Gasteiger partial charge on any atom is 0.390 e. The van der Waals surface area contributed by atoms with E-state index < -0.39 is 30.8 Å². The van der Waals surface area contributed by atoms with E-state index in [0.717, 1.165) is 13.9 Å². The van der Waals surface area contributed by atoms with Crippen LogP contribution in [0.3, 0.4) is 0 Å². The Morgan fingerprint density at radius 1 is 1.17 bits per heavy atom. The summed E-state index contributed by atoms with van der Waals surface area (Å²) in [6.45, 7) is -0.976. The molecule has 0 N–H and O–H groups in total. The molecule has 4 aromatic rings. The molecule has 0 amide bonds. The van der Waals surface area contributed by atoms with Crippen molar-refractivity contribution in [2.45, 2.75) is 25.7 Å². The molecule has 0 fully saturated rings. The van der Waals surface area contributed by atoms with Crippen molar-refractivity contribution in [2.75, 3.05) is 7.11 Å². The highest BCUT2D eigenvalue weighted by Crippen LogP contribution is 2.24. The van der Waals surface area contributed by atoms with Gasteiger partial charge < -0.3 is 4.74 Å². The summed E-state index contributed by atoms with van der Waals surface area (Å²) < 4.78 is 47.0. The maximum absolute atomic E-state index is 13.1. The Morgan fingerprint density at radius 2 is 1.89 bits per heavy atom. The van der Waals surface area contributed by atoms with Crippen LogP contribution in [-0.2, 0) is 17.8 Å². The summed E-state index contributed by atoms with van der Waals surface area (Å²) >= 11 is 9.24. The van der Waals surface area contributed by atoms with Gasteiger partial charge in [-0.1, -0.05) is 11.6 Å². The van der Waals surface area contributed by atoms with Crippen molar-refractivity contribution in [1.29, 1.82) is 0 Å². The van der Waals surface area contributed by atoms with Crippen LogP contribution < -0.4 is 5.69 Å². The first kappa shape index (κ1) is 25.6. The molecule has 10 nitrogen and oxygen atoms in total. The fourth-order valence-corrected chi connectivity index (χ4v) is 3.81. The van der Waals surface area contributed by atoms with Crippen molar-refractivity contribution in [2.24, 2.45) is 0 Å². The second kappa shape index (κ2) is 10.2. The molecule has 0 saturated heterocycles. The van der Waals surface area contributed by atoms with Crippen molar-refractivity contribution >= 4 is 33.5 Å². The third-order valence-electron chi connectivity index (χ3n) is 4.89. The molecular formula is C21H16BrClF3N7O3. The van der Waals surface area contributed by atoms with Crippen molar-refractivity contribution < 1.29 is 22.7 Å². The SMILES string of the molecule is COC(=O)c1nc(Cn2nc(-c3ccc(Cl)cc3)n(CCC(F)(F)F)c2=O)nn1-c1ncccc1Br. The van der Waals surface area contributed by atoms with Crippen LogP contribution in [0.5, 0.6) is 0 Å². The molecule has 0 spiro atoms. The van der Waals surface area contributed by atoms with Gasteiger partial charge in [-0.05, 0) is 52.3 Å². The van der Waals surface area contributed by atoms with Crippen LogP contribution in [0.15, 0.2) is 51.9 Å². The number of halogens is 5. The van der Waals surface area contributed by atoms with E-state index in [1.165, 1.54) is 25.4 Å². The first-order valence-corrected chi connectivity index (χ1v) is 11.4. The zero-order valence-corrected chi connectivity index (χ0v) is 20.7. The minimum Gasteiger partial charge on any atom is -0.463 e. The summed E-state index contributed by atoms with van der Waals surface area (Å²) in [6, 6.07) is 9.49. The van der Waals surface area contributed by atoms with E-state index in [1.54, 1.807) is 24.3 Å². The molecule has 3 aromatic heterocycles. The Hall–Kier alpha value is -3.52. The van der Waals surface area contributed by atoms with Gasteiger partial charge in [-0.2, -0.15) is 17.9 Å². The fourth-order valence-electron chi connectivity index (χ4n) is 3.26. The van der Waals surface area contributed by atoms with Crippen LogP contribution in [0.4, 0.5) is 13.2 Å². The Labute approximate surface area is 214 Å². The monoisotopic (exact) mass is 585 g/mol. The van der Waals surface area contributed by atoms with E-state index in [-0.39, 0.29) is 29.8 Å². The molecule has 0 aliphatic carbocycles. The molecule has 15 heteroatoms. The number of esters is 1. The normalized spacial score (nSPS) is 11.6. The van der Waals surface area contributed by atoms with E-state index in [2.05, 4.69) is 36.1 Å². The molecule has 0 bridgehead atoms. The van der Waals surface area contributed by atoms with E-state index in [0.29, 0.717) is 15.1 Å². The molecular weight excluding hydrogens is 571 g/mol. The van der Waals surface area contributed by atoms with Crippen LogP contribution >= 0.6 is 27.5 Å². The average Bonchev–Trinajstić information content (AvgIpc) is 3.39.